The monoisotopic (exact) mass is 118 g/mol. The van der Waals surface area contributed by atoms with Crippen LogP contribution in [0.15, 0.2) is 0 Å². The summed E-state index contributed by atoms with van der Waals surface area (Å²) in [6.45, 7) is 2.03. The number of carbonyl (C=O) groups excluding carboxylic acids is 1. The SMILES string of the molecule is [CH2]ONC(=O)OCC. The molecule has 47 valence electrons. The number of hydrogen-bond acceptors (Lipinski definition) is 3. The van der Waals surface area contributed by atoms with E-state index in [0.717, 1.165) is 0 Å². The largest absolute Gasteiger partial charge is 0.448 e. The molecule has 0 heterocycles. The van der Waals surface area contributed by atoms with Gasteiger partial charge in [-0.25, -0.2) is 4.79 Å². The van der Waals surface area contributed by atoms with E-state index in [1.54, 1.807) is 6.92 Å². The second-order valence-electron chi connectivity index (χ2n) is 0.967. The van der Waals surface area contributed by atoms with Gasteiger partial charge in [-0.1, -0.05) is 0 Å². The lowest BCUT2D eigenvalue weighted by Crippen LogP contribution is -2.21. The molecule has 0 spiro atoms. The highest BCUT2D eigenvalue weighted by atomic mass is 16.7. The van der Waals surface area contributed by atoms with Gasteiger partial charge in [0.15, 0.2) is 0 Å². The van der Waals surface area contributed by atoms with Gasteiger partial charge in [-0.05, 0) is 6.92 Å². The maximum absolute atomic E-state index is 10.1. The van der Waals surface area contributed by atoms with Crippen LogP contribution in [-0.2, 0) is 9.57 Å². The molecule has 1 N–H and O–H groups in total. The van der Waals surface area contributed by atoms with Gasteiger partial charge >= 0.3 is 6.09 Å². The van der Waals surface area contributed by atoms with Crippen molar-refractivity contribution in [3.05, 3.63) is 7.11 Å². The highest BCUT2D eigenvalue weighted by molar-refractivity contribution is 5.65. The fourth-order valence-corrected chi connectivity index (χ4v) is 0.219. The fraction of sp³-hybridized carbons (Fsp3) is 0.500. The lowest BCUT2D eigenvalue weighted by atomic mass is 10.9. The lowest BCUT2D eigenvalue weighted by molar-refractivity contribution is 0.0792. The van der Waals surface area contributed by atoms with Crippen LogP contribution in [0.1, 0.15) is 6.92 Å². The van der Waals surface area contributed by atoms with Crippen molar-refractivity contribution < 1.29 is 14.4 Å². The van der Waals surface area contributed by atoms with E-state index in [4.69, 9.17) is 0 Å². The molecule has 0 aromatic carbocycles. The number of hydrogen-bond donors (Lipinski definition) is 1. The average molecular weight is 118 g/mol. The van der Waals surface area contributed by atoms with Crippen molar-refractivity contribution in [3.8, 4) is 0 Å². The van der Waals surface area contributed by atoms with Crippen molar-refractivity contribution in [2.45, 2.75) is 6.92 Å². The summed E-state index contributed by atoms with van der Waals surface area (Å²) in [5.41, 5.74) is 1.87. The zero-order chi connectivity index (χ0) is 6.41. The third kappa shape index (κ3) is 3.42. The van der Waals surface area contributed by atoms with E-state index < -0.39 is 6.09 Å². The second-order valence-corrected chi connectivity index (χ2v) is 0.967. The molecule has 4 heteroatoms. The zero-order valence-corrected chi connectivity index (χ0v) is 4.64. The van der Waals surface area contributed by atoms with Crippen LogP contribution in [0.3, 0.4) is 0 Å². The normalized spacial score (nSPS) is 8.25. The van der Waals surface area contributed by atoms with Crippen molar-refractivity contribution in [1.29, 1.82) is 0 Å². The summed E-state index contributed by atoms with van der Waals surface area (Å²) in [4.78, 5) is 14.1. The molecule has 0 aromatic heterocycles. The second kappa shape index (κ2) is 4.39. The fourth-order valence-electron chi connectivity index (χ4n) is 0.219. The van der Waals surface area contributed by atoms with Gasteiger partial charge in [0, 0.05) is 0 Å². The van der Waals surface area contributed by atoms with Crippen LogP contribution in [0.2, 0.25) is 0 Å². The van der Waals surface area contributed by atoms with Gasteiger partial charge in [-0.3, -0.25) is 4.84 Å². The van der Waals surface area contributed by atoms with E-state index in [9.17, 15) is 4.79 Å². The Morgan fingerprint density at radius 3 is 2.88 bits per heavy atom. The Labute approximate surface area is 47.7 Å². The molecule has 0 saturated heterocycles. The van der Waals surface area contributed by atoms with Gasteiger partial charge < -0.3 is 4.74 Å². The summed E-state index contributed by atoms with van der Waals surface area (Å²) < 4.78 is 4.37. The number of hydroxylamine groups is 1. The third-order valence-corrected chi connectivity index (χ3v) is 0.431. The number of rotatable bonds is 2. The Bertz CT molecular complexity index is 65.7. The Balaban J connectivity index is 3.06. The molecule has 1 radical (unpaired) electrons. The molecule has 0 aliphatic heterocycles. The molecule has 4 nitrogen and oxygen atoms in total. The molecule has 0 rings (SSSR count). The van der Waals surface area contributed by atoms with Crippen LogP contribution in [0.4, 0.5) is 4.79 Å². The average Bonchev–Trinajstić information content (AvgIpc) is 1.68. The lowest BCUT2D eigenvalue weighted by Gasteiger charge is -1.99. The standard InChI is InChI=1S/C4H8NO3/c1-3-8-4(6)5-7-2/h2-3H2,1H3,(H,5,6). The highest BCUT2D eigenvalue weighted by Gasteiger charge is 1.94. The van der Waals surface area contributed by atoms with Gasteiger partial charge in [0.25, 0.3) is 0 Å². The summed E-state index contributed by atoms with van der Waals surface area (Å²) in [6, 6.07) is 0. The molecule has 8 heavy (non-hydrogen) atoms. The Morgan fingerprint density at radius 2 is 2.50 bits per heavy atom. The molecule has 0 aromatic rings. The van der Waals surface area contributed by atoms with Gasteiger partial charge in [-0.2, -0.15) is 5.48 Å². The minimum atomic E-state index is -0.623. The van der Waals surface area contributed by atoms with E-state index >= 15 is 0 Å². The molecule has 0 aliphatic carbocycles. The van der Waals surface area contributed by atoms with E-state index in [-0.39, 0.29) is 0 Å². The van der Waals surface area contributed by atoms with Crippen molar-refractivity contribution >= 4 is 6.09 Å². The summed E-state index contributed by atoms with van der Waals surface area (Å²) in [7, 11) is 2.90. The van der Waals surface area contributed by atoms with Gasteiger partial charge in [0.1, 0.15) is 7.11 Å². The summed E-state index contributed by atoms with van der Waals surface area (Å²) >= 11 is 0. The maximum atomic E-state index is 10.1. The van der Waals surface area contributed by atoms with Gasteiger partial charge in [0.05, 0.1) is 6.61 Å². The minimum Gasteiger partial charge on any atom is -0.448 e. The van der Waals surface area contributed by atoms with Crippen molar-refractivity contribution in [2.75, 3.05) is 6.61 Å². The van der Waals surface area contributed by atoms with Crippen LogP contribution in [0.25, 0.3) is 0 Å². The first-order chi connectivity index (χ1) is 3.81. The molecule has 0 atom stereocenters. The van der Waals surface area contributed by atoms with Gasteiger partial charge in [0.2, 0.25) is 0 Å². The molecular formula is C4H8NO3. The van der Waals surface area contributed by atoms with E-state index in [1.165, 1.54) is 0 Å². The van der Waals surface area contributed by atoms with E-state index in [0.29, 0.717) is 6.61 Å². The first-order valence-corrected chi connectivity index (χ1v) is 2.15. The zero-order valence-electron chi connectivity index (χ0n) is 4.64. The number of nitrogens with one attached hydrogen (secondary N) is 1. The molecule has 0 fully saturated rings. The molecule has 0 aliphatic rings. The Kier molecular flexibility index (Phi) is 3.97. The van der Waals surface area contributed by atoms with E-state index in [2.05, 4.69) is 16.7 Å². The predicted octanol–water partition coefficient (Wildman–Crippen LogP) is 0.456. The minimum absolute atomic E-state index is 0.329. The maximum Gasteiger partial charge on any atom is 0.431 e. The Morgan fingerprint density at radius 1 is 1.88 bits per heavy atom. The molecule has 1 amide bonds. The first kappa shape index (κ1) is 7.23. The van der Waals surface area contributed by atoms with Crippen LogP contribution in [-0.4, -0.2) is 12.7 Å². The number of carbonyl (C=O) groups is 1. The van der Waals surface area contributed by atoms with Crippen LogP contribution in [0.5, 0.6) is 0 Å². The topological polar surface area (TPSA) is 47.6 Å². The quantitative estimate of drug-likeness (QED) is 0.535. The smallest absolute Gasteiger partial charge is 0.431 e. The summed E-state index contributed by atoms with van der Waals surface area (Å²) in [5, 5.41) is 0. The summed E-state index contributed by atoms with van der Waals surface area (Å²) in [5.74, 6) is 0. The molecular weight excluding hydrogens is 110 g/mol. The molecule has 0 unspecified atom stereocenters. The van der Waals surface area contributed by atoms with Crippen molar-refractivity contribution in [1.82, 2.24) is 5.48 Å². The molecule has 0 saturated carbocycles. The number of ether oxygens (including phenoxy) is 1. The van der Waals surface area contributed by atoms with Crippen molar-refractivity contribution in [2.24, 2.45) is 0 Å². The number of amides is 1. The van der Waals surface area contributed by atoms with E-state index in [1.807, 2.05) is 5.48 Å². The highest BCUT2D eigenvalue weighted by Crippen LogP contribution is 1.73. The third-order valence-electron chi connectivity index (χ3n) is 0.431. The summed E-state index contributed by atoms with van der Waals surface area (Å²) in [6.07, 6.45) is -0.623. The Hall–Kier alpha value is -0.770. The first-order valence-electron chi connectivity index (χ1n) is 2.15. The van der Waals surface area contributed by atoms with Gasteiger partial charge in [-0.15, -0.1) is 0 Å². The van der Waals surface area contributed by atoms with Crippen LogP contribution in [0, 0.1) is 7.11 Å². The predicted molar refractivity (Wildman–Crippen MR) is 26.6 cm³/mol. The van der Waals surface area contributed by atoms with Crippen LogP contribution >= 0.6 is 0 Å². The van der Waals surface area contributed by atoms with Crippen LogP contribution < -0.4 is 5.48 Å². The van der Waals surface area contributed by atoms with Crippen molar-refractivity contribution in [3.63, 3.8) is 0 Å². The molecule has 0 bridgehead atoms.